The van der Waals surface area contributed by atoms with Crippen LogP contribution in [0.1, 0.15) is 0 Å². The molecule has 0 unspecified atom stereocenters. The first-order chi connectivity index (χ1) is 10.3. The minimum absolute atomic E-state index is 1.17. The van der Waals surface area contributed by atoms with Crippen molar-refractivity contribution in [3.63, 3.8) is 0 Å². The molecule has 0 aliphatic carbocycles. The van der Waals surface area contributed by atoms with Gasteiger partial charge in [-0.25, -0.2) is 0 Å². The third-order valence-electron chi connectivity index (χ3n) is 3.98. The zero-order valence-corrected chi connectivity index (χ0v) is 11.7. The summed E-state index contributed by atoms with van der Waals surface area (Å²) in [5.41, 5.74) is 2.38. The molecule has 21 heavy (non-hydrogen) atoms. The van der Waals surface area contributed by atoms with Crippen LogP contribution in [0.4, 0.5) is 0 Å². The second-order valence-corrected chi connectivity index (χ2v) is 5.24. The summed E-state index contributed by atoms with van der Waals surface area (Å²) in [5, 5.41) is 5.10. The minimum Gasteiger partial charge on any atom is -0.324 e. The maximum atomic E-state index is 3.86. The molecule has 0 fully saturated rings. The normalized spacial score (nSPS) is 11.0. The van der Waals surface area contributed by atoms with Gasteiger partial charge in [0.25, 0.3) is 0 Å². The molecule has 0 aliphatic heterocycles. The average molecular weight is 269 g/mol. The van der Waals surface area contributed by atoms with Crippen LogP contribution >= 0.6 is 0 Å². The lowest BCUT2D eigenvalue weighted by molar-refractivity contribution is 1.18. The number of hydrogen-bond donors (Lipinski definition) is 0. The molecule has 100 valence electrons. The van der Waals surface area contributed by atoms with Gasteiger partial charge in [-0.05, 0) is 57.4 Å². The van der Waals surface area contributed by atoms with E-state index in [1.165, 1.54) is 32.8 Å². The van der Waals surface area contributed by atoms with Gasteiger partial charge in [-0.15, -0.1) is 0 Å². The monoisotopic (exact) mass is 269 g/mol. The molecule has 1 heterocycles. The summed E-state index contributed by atoms with van der Waals surface area (Å²) in [7, 11) is 0. The number of nitrogens with zero attached hydrogens (tertiary/aromatic N) is 1. The molecular weight excluding hydrogens is 254 g/mol. The second kappa shape index (κ2) is 4.64. The van der Waals surface area contributed by atoms with Crippen molar-refractivity contribution in [3.8, 4) is 11.3 Å². The predicted octanol–water partition coefficient (Wildman–Crippen LogP) is 5.56. The number of hydrogen-bond acceptors (Lipinski definition) is 0. The maximum absolute atomic E-state index is 3.86. The van der Waals surface area contributed by atoms with E-state index in [0.717, 1.165) is 0 Å². The minimum atomic E-state index is 1.17. The van der Waals surface area contributed by atoms with E-state index >= 15 is 0 Å². The Morgan fingerprint density at radius 1 is 0.714 bits per heavy atom. The highest BCUT2D eigenvalue weighted by Crippen LogP contribution is 2.28. The van der Waals surface area contributed by atoms with Gasteiger partial charge in [0.2, 0.25) is 0 Å². The first-order valence-electron chi connectivity index (χ1n) is 7.07. The highest BCUT2D eigenvalue weighted by molar-refractivity contribution is 5.99. The zero-order valence-electron chi connectivity index (χ0n) is 11.7. The van der Waals surface area contributed by atoms with Gasteiger partial charge < -0.3 is 4.57 Å². The molecule has 0 radical (unpaired) electrons. The van der Waals surface area contributed by atoms with Crippen LogP contribution in [0, 0.1) is 0 Å². The Bertz CT molecular complexity index is 960. The van der Waals surface area contributed by atoms with Crippen molar-refractivity contribution in [1.82, 2.24) is 4.57 Å². The Kier molecular flexibility index (Phi) is 2.65. The Balaban J connectivity index is 1.97. The van der Waals surface area contributed by atoms with Crippen LogP contribution in [-0.4, -0.2) is 4.57 Å². The van der Waals surface area contributed by atoms with E-state index in [4.69, 9.17) is 0 Å². The first kappa shape index (κ1) is 12.0. The van der Waals surface area contributed by atoms with E-state index in [1.807, 2.05) is 23.0 Å². The topological polar surface area (TPSA) is 4.93 Å². The first-order valence-corrected chi connectivity index (χ1v) is 7.07. The quantitative estimate of drug-likeness (QED) is 0.420. The Labute approximate surface area is 123 Å². The Morgan fingerprint density at radius 3 is 2.19 bits per heavy atom. The lowest BCUT2D eigenvalue weighted by Crippen LogP contribution is -1.87. The summed E-state index contributed by atoms with van der Waals surface area (Å²) >= 11 is 0. The van der Waals surface area contributed by atoms with Gasteiger partial charge in [-0.2, -0.15) is 0 Å². The molecule has 0 N–H and O–H groups in total. The van der Waals surface area contributed by atoms with Crippen molar-refractivity contribution in [1.29, 1.82) is 0 Å². The molecular formula is C20H15N. The largest absolute Gasteiger partial charge is 0.324 e. The van der Waals surface area contributed by atoms with Crippen molar-refractivity contribution in [2.75, 3.05) is 0 Å². The van der Waals surface area contributed by atoms with E-state index in [-0.39, 0.29) is 0 Å². The standard InChI is InChI=1S/C20H15N/c1-2-21-11-5-8-20(21)18-10-9-17-12-15-6-3-4-7-16(15)13-19(17)14-18/h2-14H,1H2. The number of rotatable bonds is 2. The molecule has 0 saturated carbocycles. The molecule has 0 bridgehead atoms. The third kappa shape index (κ3) is 1.95. The smallest absolute Gasteiger partial charge is 0.0522 e. The van der Waals surface area contributed by atoms with Crippen LogP contribution in [-0.2, 0) is 0 Å². The van der Waals surface area contributed by atoms with Gasteiger partial charge in [-0.1, -0.05) is 43.0 Å². The van der Waals surface area contributed by atoms with Crippen LogP contribution in [0.2, 0.25) is 0 Å². The molecule has 1 heteroatoms. The number of aromatic nitrogens is 1. The van der Waals surface area contributed by atoms with E-state index < -0.39 is 0 Å². The highest BCUT2D eigenvalue weighted by atomic mass is 14.9. The Morgan fingerprint density at radius 2 is 1.43 bits per heavy atom. The summed E-state index contributed by atoms with van der Waals surface area (Å²) in [4.78, 5) is 0. The average Bonchev–Trinajstić information content (AvgIpc) is 3.01. The fourth-order valence-electron chi connectivity index (χ4n) is 2.90. The van der Waals surface area contributed by atoms with E-state index in [0.29, 0.717) is 0 Å². The van der Waals surface area contributed by atoms with Crippen LogP contribution in [0.25, 0.3) is 39.0 Å². The number of benzene rings is 3. The molecule has 1 nitrogen and oxygen atoms in total. The van der Waals surface area contributed by atoms with E-state index in [9.17, 15) is 0 Å². The fourth-order valence-corrected chi connectivity index (χ4v) is 2.90. The molecule has 0 atom stereocenters. The summed E-state index contributed by atoms with van der Waals surface area (Å²) in [5.74, 6) is 0. The van der Waals surface area contributed by atoms with Crippen molar-refractivity contribution in [3.05, 3.63) is 79.5 Å². The molecule has 0 amide bonds. The molecule has 4 rings (SSSR count). The lowest BCUT2D eigenvalue weighted by atomic mass is 10.0. The second-order valence-electron chi connectivity index (χ2n) is 5.24. The van der Waals surface area contributed by atoms with Gasteiger partial charge >= 0.3 is 0 Å². The fraction of sp³-hybridized carbons (Fsp3) is 0. The van der Waals surface area contributed by atoms with Crippen molar-refractivity contribution in [2.24, 2.45) is 0 Å². The molecule has 0 saturated heterocycles. The van der Waals surface area contributed by atoms with E-state index in [2.05, 4.69) is 67.2 Å². The summed E-state index contributed by atoms with van der Waals surface area (Å²) in [6.07, 6.45) is 3.85. The van der Waals surface area contributed by atoms with Gasteiger partial charge in [0.15, 0.2) is 0 Å². The highest BCUT2D eigenvalue weighted by Gasteiger charge is 2.04. The molecule has 4 aromatic rings. The van der Waals surface area contributed by atoms with Crippen LogP contribution in [0.5, 0.6) is 0 Å². The van der Waals surface area contributed by atoms with Crippen molar-refractivity contribution >= 4 is 27.7 Å². The van der Waals surface area contributed by atoms with Gasteiger partial charge in [0, 0.05) is 12.4 Å². The zero-order chi connectivity index (χ0) is 14.2. The number of fused-ring (bicyclic) bond motifs is 2. The van der Waals surface area contributed by atoms with Gasteiger partial charge in [0.05, 0.1) is 5.69 Å². The summed E-state index contributed by atoms with van der Waals surface area (Å²) < 4.78 is 2.04. The van der Waals surface area contributed by atoms with Crippen molar-refractivity contribution in [2.45, 2.75) is 0 Å². The van der Waals surface area contributed by atoms with Crippen LogP contribution < -0.4 is 0 Å². The summed E-state index contributed by atoms with van der Waals surface area (Å²) in [6.45, 7) is 3.86. The summed E-state index contributed by atoms with van der Waals surface area (Å²) in [6, 6.07) is 23.8. The third-order valence-corrected chi connectivity index (χ3v) is 3.98. The molecule has 0 spiro atoms. The Hall–Kier alpha value is -2.80. The molecule has 0 aliphatic rings. The SMILES string of the molecule is C=Cn1cccc1-c1ccc2cc3ccccc3cc2c1. The van der Waals surface area contributed by atoms with E-state index in [1.54, 1.807) is 0 Å². The maximum Gasteiger partial charge on any atom is 0.0522 e. The van der Waals surface area contributed by atoms with Crippen molar-refractivity contribution < 1.29 is 0 Å². The lowest BCUT2D eigenvalue weighted by Gasteiger charge is -2.07. The van der Waals surface area contributed by atoms with Gasteiger partial charge in [-0.3, -0.25) is 0 Å². The molecule has 3 aromatic carbocycles. The van der Waals surface area contributed by atoms with Crippen LogP contribution in [0.15, 0.2) is 79.5 Å². The van der Waals surface area contributed by atoms with Crippen LogP contribution in [0.3, 0.4) is 0 Å². The van der Waals surface area contributed by atoms with Gasteiger partial charge in [0.1, 0.15) is 0 Å². The molecule has 1 aromatic heterocycles. The predicted molar refractivity (Wildman–Crippen MR) is 91.3 cm³/mol.